The average Bonchev–Trinajstić information content (AvgIpc) is 2.72. The van der Waals surface area contributed by atoms with Crippen molar-refractivity contribution in [1.29, 1.82) is 5.26 Å². The van der Waals surface area contributed by atoms with Gasteiger partial charge in [0.2, 0.25) is 10.0 Å². The Balaban J connectivity index is 2.23. The lowest BCUT2D eigenvalue weighted by Gasteiger charge is -2.11. The van der Waals surface area contributed by atoms with Crippen molar-refractivity contribution in [2.24, 2.45) is 5.14 Å². The summed E-state index contributed by atoms with van der Waals surface area (Å²) in [7, 11) is -2.82. The number of nitriles is 1. The summed E-state index contributed by atoms with van der Waals surface area (Å²) < 4.78 is 28.8. The Hall–Kier alpha value is -4.01. The summed E-state index contributed by atoms with van der Waals surface area (Å²) >= 11 is 0. The summed E-state index contributed by atoms with van der Waals surface area (Å²) in [6, 6.07) is 12.8. The molecule has 0 spiro atoms. The van der Waals surface area contributed by atoms with Crippen molar-refractivity contribution >= 4 is 15.7 Å². The number of benzene rings is 2. The Morgan fingerprint density at radius 3 is 2.30 bits per heavy atom. The molecule has 0 fully saturated rings. The molecule has 10 nitrogen and oxygen atoms in total. The quantitative estimate of drug-likeness (QED) is 0.465. The fourth-order valence-corrected chi connectivity index (χ4v) is 3.61. The van der Waals surface area contributed by atoms with E-state index in [2.05, 4.69) is 4.98 Å². The zero-order chi connectivity index (χ0) is 22.1. The van der Waals surface area contributed by atoms with Gasteiger partial charge in [0.05, 0.1) is 12.0 Å². The first-order chi connectivity index (χ1) is 14.2. The third kappa shape index (κ3) is 3.90. The number of nitrogens with two attached hydrogens (primary N) is 1. The largest absolute Gasteiger partial charge is 0.495 e. The number of H-pyrrole nitrogens is 1. The zero-order valence-corrected chi connectivity index (χ0v) is 16.3. The first-order valence-electron chi connectivity index (χ1n) is 8.29. The van der Waals surface area contributed by atoms with Crippen LogP contribution in [0.4, 0.5) is 5.69 Å². The van der Waals surface area contributed by atoms with Gasteiger partial charge >= 0.3 is 0 Å². The van der Waals surface area contributed by atoms with E-state index in [0.717, 1.165) is 0 Å². The predicted molar refractivity (Wildman–Crippen MR) is 107 cm³/mol. The number of nitrogens with zero attached hydrogens (tertiary/aromatic N) is 2. The maximum Gasteiger partial charge on any atom is 0.269 e. The van der Waals surface area contributed by atoms with Crippen LogP contribution in [-0.2, 0) is 10.0 Å². The topological polar surface area (TPSA) is 169 Å². The normalized spacial score (nSPS) is 11.0. The number of nitrogens with one attached hydrogen (secondary N) is 1. The van der Waals surface area contributed by atoms with E-state index in [0.29, 0.717) is 11.1 Å². The summed E-state index contributed by atoms with van der Waals surface area (Å²) in [6.45, 7) is 0. The number of nitro groups is 1. The molecule has 1 aromatic heterocycles. The molecule has 0 atom stereocenters. The third-order valence-corrected chi connectivity index (χ3v) is 5.25. The highest BCUT2D eigenvalue weighted by Crippen LogP contribution is 2.31. The van der Waals surface area contributed by atoms with Crippen LogP contribution in [0.1, 0.15) is 5.56 Å². The molecular formula is C19H14N4O6S. The van der Waals surface area contributed by atoms with Crippen LogP contribution >= 0.6 is 0 Å². The second kappa shape index (κ2) is 7.78. The number of hydrogen-bond donors (Lipinski definition) is 2. The summed E-state index contributed by atoms with van der Waals surface area (Å²) in [6.07, 6.45) is 0. The Kier molecular flexibility index (Phi) is 5.37. The lowest BCUT2D eigenvalue weighted by Crippen LogP contribution is -2.15. The van der Waals surface area contributed by atoms with Crippen molar-refractivity contribution in [1.82, 2.24) is 4.98 Å². The highest BCUT2D eigenvalue weighted by molar-refractivity contribution is 7.89. The van der Waals surface area contributed by atoms with Crippen LogP contribution < -0.4 is 15.4 Å². The van der Waals surface area contributed by atoms with Crippen LogP contribution in [0.3, 0.4) is 0 Å². The fourth-order valence-electron chi connectivity index (χ4n) is 2.88. The molecule has 0 radical (unpaired) electrons. The number of sulfonamides is 1. The fraction of sp³-hybridized carbons (Fsp3) is 0.0526. The van der Waals surface area contributed by atoms with Crippen molar-refractivity contribution in [2.75, 3.05) is 7.11 Å². The van der Waals surface area contributed by atoms with Gasteiger partial charge in [0.1, 0.15) is 22.3 Å². The van der Waals surface area contributed by atoms with Crippen molar-refractivity contribution in [3.63, 3.8) is 0 Å². The van der Waals surface area contributed by atoms with Crippen LogP contribution in [-0.4, -0.2) is 25.4 Å². The Morgan fingerprint density at radius 1 is 1.13 bits per heavy atom. The lowest BCUT2D eigenvalue weighted by molar-refractivity contribution is -0.384. The molecule has 3 N–H and O–H groups in total. The molecule has 2 aromatic carbocycles. The van der Waals surface area contributed by atoms with Crippen LogP contribution in [0, 0.1) is 21.4 Å². The molecular weight excluding hydrogens is 412 g/mol. The van der Waals surface area contributed by atoms with E-state index < -0.39 is 20.5 Å². The number of aromatic nitrogens is 1. The number of non-ortho nitro benzene ring substituents is 1. The van der Waals surface area contributed by atoms with E-state index in [1.165, 1.54) is 55.6 Å². The minimum absolute atomic E-state index is 0.0350. The molecule has 0 bridgehead atoms. The third-order valence-electron chi connectivity index (χ3n) is 4.32. The molecule has 0 aliphatic carbocycles. The number of rotatable bonds is 5. The average molecular weight is 426 g/mol. The highest BCUT2D eigenvalue weighted by Gasteiger charge is 2.18. The van der Waals surface area contributed by atoms with E-state index in [9.17, 15) is 28.6 Å². The lowest BCUT2D eigenvalue weighted by atomic mass is 9.99. The maximum atomic E-state index is 12.5. The molecule has 0 unspecified atom stereocenters. The van der Waals surface area contributed by atoms with Gasteiger partial charge in [-0.15, -0.1) is 0 Å². The van der Waals surface area contributed by atoms with E-state index in [1.54, 1.807) is 0 Å². The van der Waals surface area contributed by atoms with Gasteiger partial charge in [0.15, 0.2) is 0 Å². The van der Waals surface area contributed by atoms with E-state index in [1.807, 2.05) is 6.07 Å². The van der Waals surface area contributed by atoms with Crippen LogP contribution in [0.2, 0.25) is 0 Å². The Labute approximate surface area is 170 Å². The summed E-state index contributed by atoms with van der Waals surface area (Å²) in [5.41, 5.74) is 0.146. The molecule has 3 aromatic rings. The molecule has 3 rings (SSSR count). The molecule has 1 heterocycles. The number of aromatic amines is 1. The molecule has 0 aliphatic rings. The molecule has 0 saturated heterocycles. The van der Waals surface area contributed by atoms with Gasteiger partial charge in [-0.25, -0.2) is 13.6 Å². The number of primary sulfonamides is 1. The first kappa shape index (κ1) is 20.7. The van der Waals surface area contributed by atoms with Gasteiger partial charge in [0.25, 0.3) is 11.2 Å². The smallest absolute Gasteiger partial charge is 0.269 e. The van der Waals surface area contributed by atoms with Crippen molar-refractivity contribution < 1.29 is 18.1 Å². The number of nitro benzene ring substituents is 1. The van der Waals surface area contributed by atoms with Gasteiger partial charge in [-0.2, -0.15) is 5.26 Å². The SMILES string of the molecule is COc1ccc(-c2cc(-c3ccc([N+](=O)[O-])cc3)c(C#N)c(=O)[nH]2)cc1S(N)(=O)=O. The van der Waals surface area contributed by atoms with Crippen molar-refractivity contribution in [3.05, 3.63) is 74.6 Å². The second-order valence-electron chi connectivity index (χ2n) is 6.13. The predicted octanol–water partition coefficient (Wildman–Crippen LogP) is 2.14. The minimum atomic E-state index is -4.11. The molecule has 152 valence electrons. The number of methoxy groups -OCH3 is 1. The summed E-state index contributed by atoms with van der Waals surface area (Å²) in [5.74, 6) is 0.0350. The van der Waals surface area contributed by atoms with Gasteiger partial charge in [-0.3, -0.25) is 14.9 Å². The monoisotopic (exact) mass is 426 g/mol. The van der Waals surface area contributed by atoms with E-state index in [-0.39, 0.29) is 33.2 Å². The first-order valence-corrected chi connectivity index (χ1v) is 9.84. The molecule has 30 heavy (non-hydrogen) atoms. The van der Waals surface area contributed by atoms with Gasteiger partial charge in [0, 0.05) is 23.4 Å². The maximum absolute atomic E-state index is 12.5. The number of ether oxygens (including phenoxy) is 1. The molecule has 0 aliphatic heterocycles. The minimum Gasteiger partial charge on any atom is -0.495 e. The van der Waals surface area contributed by atoms with Gasteiger partial charge in [-0.05, 0) is 47.5 Å². The van der Waals surface area contributed by atoms with Crippen LogP contribution in [0.5, 0.6) is 5.75 Å². The number of hydrogen-bond acceptors (Lipinski definition) is 7. The van der Waals surface area contributed by atoms with Crippen LogP contribution in [0.15, 0.2) is 58.2 Å². The van der Waals surface area contributed by atoms with Crippen LogP contribution in [0.25, 0.3) is 22.4 Å². The highest BCUT2D eigenvalue weighted by atomic mass is 32.2. The summed E-state index contributed by atoms with van der Waals surface area (Å²) in [5, 5.41) is 25.5. The molecule has 11 heteroatoms. The second-order valence-corrected chi connectivity index (χ2v) is 7.66. The van der Waals surface area contributed by atoms with Gasteiger partial charge in [-0.1, -0.05) is 0 Å². The van der Waals surface area contributed by atoms with Crippen molar-refractivity contribution in [2.45, 2.75) is 4.90 Å². The number of pyridine rings is 1. The zero-order valence-electron chi connectivity index (χ0n) is 15.4. The Morgan fingerprint density at radius 2 is 1.77 bits per heavy atom. The van der Waals surface area contributed by atoms with E-state index >= 15 is 0 Å². The van der Waals surface area contributed by atoms with Gasteiger partial charge < -0.3 is 9.72 Å². The molecule has 0 saturated carbocycles. The van der Waals surface area contributed by atoms with Crippen molar-refractivity contribution in [3.8, 4) is 34.2 Å². The van der Waals surface area contributed by atoms with E-state index in [4.69, 9.17) is 9.88 Å². The Bertz CT molecular complexity index is 1360. The standard InChI is InChI=1S/C19H14N4O6S/c1-29-17-7-4-12(8-18(17)30(21,27)28)16-9-14(15(10-20)19(24)22-16)11-2-5-13(6-3-11)23(25)26/h2-9H,1H3,(H,22,24)(H2,21,27,28). The summed E-state index contributed by atoms with van der Waals surface area (Å²) in [4.78, 5) is 25.0. The molecule has 0 amide bonds.